The average molecular weight is 503 g/mol. The number of hydrogen-bond acceptors (Lipinski definition) is 7. The van der Waals surface area contributed by atoms with Crippen LogP contribution in [0.15, 0.2) is 39.8 Å². The van der Waals surface area contributed by atoms with Gasteiger partial charge in [0.25, 0.3) is 0 Å². The van der Waals surface area contributed by atoms with E-state index in [9.17, 15) is 13.2 Å². The molecule has 1 N–H and O–H groups in total. The number of thiophene rings is 1. The fraction of sp³-hybridized carbons (Fsp3) is 0.458. The standard InChI is InChI=1S/C24H30N4O4S2/c1-15(2)24-26-22(27-32-24)20-12-21(17(4)33-20)34(30,31)28-11-5-6-19(14-28)23(29)25-13-18-9-7-16(3)8-10-18/h7-10,12,15,19H,5-6,11,13-14H2,1-4H3,(H,25,29)/t19-/m1/s1. The lowest BCUT2D eigenvalue weighted by molar-refractivity contribution is -0.126. The molecule has 1 amide bonds. The van der Waals surface area contributed by atoms with Crippen LogP contribution in [0.2, 0.25) is 0 Å². The molecule has 0 bridgehead atoms. The Morgan fingerprint density at radius 2 is 2.00 bits per heavy atom. The minimum absolute atomic E-state index is 0.0907. The predicted octanol–water partition coefficient (Wildman–Crippen LogP) is 4.26. The molecule has 1 aliphatic rings. The summed E-state index contributed by atoms with van der Waals surface area (Å²) in [5, 5.41) is 6.97. The topological polar surface area (TPSA) is 105 Å². The van der Waals surface area contributed by atoms with Crippen LogP contribution in [-0.2, 0) is 21.4 Å². The second-order valence-electron chi connectivity index (χ2n) is 9.05. The van der Waals surface area contributed by atoms with Crippen LogP contribution in [0.3, 0.4) is 0 Å². The Morgan fingerprint density at radius 1 is 1.26 bits per heavy atom. The first-order valence-corrected chi connectivity index (χ1v) is 13.7. The van der Waals surface area contributed by atoms with Crippen LogP contribution < -0.4 is 5.32 Å². The fourth-order valence-electron chi connectivity index (χ4n) is 3.95. The molecule has 0 unspecified atom stereocenters. The summed E-state index contributed by atoms with van der Waals surface area (Å²) in [7, 11) is -3.75. The van der Waals surface area contributed by atoms with Crippen LogP contribution in [-0.4, -0.2) is 41.9 Å². The van der Waals surface area contributed by atoms with Crippen LogP contribution in [0, 0.1) is 19.8 Å². The lowest BCUT2D eigenvalue weighted by Crippen LogP contribution is -2.45. The molecule has 1 saturated heterocycles. The molecule has 4 rings (SSSR count). The summed E-state index contributed by atoms with van der Waals surface area (Å²) in [4.78, 5) is 18.7. The first-order chi connectivity index (χ1) is 16.1. The first kappa shape index (κ1) is 24.6. The van der Waals surface area contributed by atoms with Gasteiger partial charge in [0.05, 0.1) is 15.7 Å². The van der Waals surface area contributed by atoms with Crippen LogP contribution in [0.1, 0.15) is 54.5 Å². The predicted molar refractivity (Wildman–Crippen MR) is 131 cm³/mol. The number of amides is 1. The zero-order valence-corrected chi connectivity index (χ0v) is 21.5. The summed E-state index contributed by atoms with van der Waals surface area (Å²) in [6.07, 6.45) is 1.31. The largest absolute Gasteiger partial charge is 0.352 e. The van der Waals surface area contributed by atoms with Crippen LogP contribution in [0.5, 0.6) is 0 Å². The minimum Gasteiger partial charge on any atom is -0.352 e. The van der Waals surface area contributed by atoms with E-state index in [1.165, 1.54) is 15.6 Å². The smallest absolute Gasteiger partial charge is 0.244 e. The number of sulfonamides is 1. The third-order valence-electron chi connectivity index (χ3n) is 5.99. The summed E-state index contributed by atoms with van der Waals surface area (Å²) in [5.74, 6) is 0.508. The van der Waals surface area contributed by atoms with Gasteiger partial charge in [0.15, 0.2) is 0 Å². The normalized spacial score (nSPS) is 17.3. The highest BCUT2D eigenvalue weighted by Gasteiger charge is 2.35. The maximum absolute atomic E-state index is 13.5. The zero-order chi connectivity index (χ0) is 24.5. The van der Waals surface area contributed by atoms with Crippen molar-refractivity contribution in [2.75, 3.05) is 13.1 Å². The van der Waals surface area contributed by atoms with E-state index in [1.54, 1.807) is 13.0 Å². The number of rotatable bonds is 7. The summed E-state index contributed by atoms with van der Waals surface area (Å²) in [6.45, 7) is 8.70. The van der Waals surface area contributed by atoms with Crippen molar-refractivity contribution < 1.29 is 17.7 Å². The Labute approximate surface area is 204 Å². The molecule has 1 aromatic carbocycles. The van der Waals surface area contributed by atoms with Gasteiger partial charge in [0.1, 0.15) is 0 Å². The van der Waals surface area contributed by atoms with Crippen molar-refractivity contribution in [1.82, 2.24) is 19.8 Å². The lowest BCUT2D eigenvalue weighted by atomic mass is 9.98. The Kier molecular flexibility index (Phi) is 7.20. The molecule has 10 heteroatoms. The number of nitrogens with zero attached hydrogens (tertiary/aromatic N) is 3. The molecule has 1 aliphatic heterocycles. The zero-order valence-electron chi connectivity index (χ0n) is 19.9. The molecule has 0 saturated carbocycles. The van der Waals surface area contributed by atoms with Gasteiger partial charge in [0.2, 0.25) is 27.6 Å². The number of hydrogen-bond donors (Lipinski definition) is 1. The van der Waals surface area contributed by atoms with Gasteiger partial charge < -0.3 is 9.84 Å². The number of aryl methyl sites for hydroxylation is 2. The van der Waals surface area contributed by atoms with Gasteiger partial charge in [-0.05, 0) is 38.3 Å². The molecule has 34 heavy (non-hydrogen) atoms. The van der Waals surface area contributed by atoms with Crippen molar-refractivity contribution in [2.24, 2.45) is 5.92 Å². The second kappa shape index (κ2) is 9.97. The summed E-state index contributed by atoms with van der Waals surface area (Å²) >= 11 is 1.33. The van der Waals surface area contributed by atoms with Crippen LogP contribution in [0.4, 0.5) is 0 Å². The SMILES string of the molecule is Cc1ccc(CNC(=O)[C@@H]2CCCN(S(=O)(=O)c3cc(-c4noc(C(C)C)n4)sc3C)C2)cc1. The van der Waals surface area contributed by atoms with Gasteiger partial charge >= 0.3 is 0 Å². The van der Waals surface area contributed by atoms with E-state index < -0.39 is 10.0 Å². The molecule has 1 fully saturated rings. The molecular formula is C24H30N4O4S2. The van der Waals surface area contributed by atoms with Crippen molar-refractivity contribution in [2.45, 2.75) is 57.9 Å². The maximum atomic E-state index is 13.5. The number of aromatic nitrogens is 2. The Hall–Kier alpha value is -2.56. The van der Waals surface area contributed by atoms with Crippen LogP contribution >= 0.6 is 11.3 Å². The third kappa shape index (κ3) is 5.24. The van der Waals surface area contributed by atoms with Gasteiger partial charge in [-0.15, -0.1) is 11.3 Å². The van der Waals surface area contributed by atoms with Crippen molar-refractivity contribution in [3.05, 3.63) is 52.2 Å². The molecule has 0 radical (unpaired) electrons. The molecular weight excluding hydrogens is 472 g/mol. The van der Waals surface area contributed by atoms with E-state index in [4.69, 9.17) is 4.52 Å². The van der Waals surface area contributed by atoms with Crippen molar-refractivity contribution in [1.29, 1.82) is 0 Å². The quantitative estimate of drug-likeness (QED) is 0.518. The number of piperidine rings is 1. The van der Waals surface area contributed by atoms with Crippen molar-refractivity contribution in [3.8, 4) is 10.7 Å². The molecule has 2 aromatic heterocycles. The van der Waals surface area contributed by atoms with Gasteiger partial charge in [-0.3, -0.25) is 4.79 Å². The molecule has 3 heterocycles. The molecule has 8 nitrogen and oxygen atoms in total. The number of carbonyl (C=O) groups is 1. The van der Waals surface area contributed by atoms with Crippen molar-refractivity contribution in [3.63, 3.8) is 0 Å². The molecule has 182 valence electrons. The first-order valence-electron chi connectivity index (χ1n) is 11.4. The highest BCUT2D eigenvalue weighted by atomic mass is 32.2. The van der Waals surface area contributed by atoms with Gasteiger partial charge in [-0.25, -0.2) is 8.42 Å². The number of nitrogens with one attached hydrogen (secondary N) is 1. The van der Waals surface area contributed by atoms with E-state index in [-0.39, 0.29) is 29.2 Å². The summed E-state index contributed by atoms with van der Waals surface area (Å²) in [6, 6.07) is 9.60. The maximum Gasteiger partial charge on any atom is 0.244 e. The van der Waals surface area contributed by atoms with E-state index in [2.05, 4.69) is 15.5 Å². The summed E-state index contributed by atoms with van der Waals surface area (Å²) < 4.78 is 33.7. The monoisotopic (exact) mass is 502 g/mol. The Morgan fingerprint density at radius 3 is 2.68 bits per heavy atom. The lowest BCUT2D eigenvalue weighted by Gasteiger charge is -2.31. The molecule has 1 atom stereocenters. The van der Waals surface area contributed by atoms with Gasteiger partial charge in [-0.2, -0.15) is 9.29 Å². The van der Waals surface area contributed by atoms with E-state index in [0.29, 0.717) is 47.4 Å². The average Bonchev–Trinajstić information content (AvgIpc) is 3.46. The van der Waals surface area contributed by atoms with E-state index >= 15 is 0 Å². The van der Waals surface area contributed by atoms with Crippen molar-refractivity contribution >= 4 is 27.3 Å². The van der Waals surface area contributed by atoms with E-state index in [1.807, 2.05) is 45.0 Å². The Bertz CT molecular complexity index is 1260. The Balaban J connectivity index is 1.46. The van der Waals surface area contributed by atoms with E-state index in [0.717, 1.165) is 11.1 Å². The fourth-order valence-corrected chi connectivity index (χ4v) is 6.96. The van der Waals surface area contributed by atoms with Gasteiger partial charge in [-0.1, -0.05) is 48.8 Å². The minimum atomic E-state index is -3.75. The second-order valence-corrected chi connectivity index (χ2v) is 12.2. The molecule has 3 aromatic rings. The highest BCUT2D eigenvalue weighted by Crippen LogP contribution is 2.35. The third-order valence-corrected chi connectivity index (χ3v) is 9.16. The van der Waals surface area contributed by atoms with Crippen LogP contribution in [0.25, 0.3) is 10.7 Å². The molecule has 0 spiro atoms. The number of carbonyl (C=O) groups excluding carboxylic acids is 1. The summed E-state index contributed by atoms with van der Waals surface area (Å²) in [5.41, 5.74) is 2.18. The van der Waals surface area contributed by atoms with Gasteiger partial charge in [0, 0.05) is 30.4 Å². The molecule has 0 aliphatic carbocycles. The number of benzene rings is 1. The highest BCUT2D eigenvalue weighted by molar-refractivity contribution is 7.89.